The molecule has 1 aliphatic rings. The maximum atomic E-state index is 12.6. The highest BCUT2D eigenvalue weighted by Gasteiger charge is 2.23. The zero-order chi connectivity index (χ0) is 18.4. The van der Waals surface area contributed by atoms with Crippen LogP contribution in [0.2, 0.25) is 0 Å². The van der Waals surface area contributed by atoms with Gasteiger partial charge in [-0.1, -0.05) is 12.1 Å². The zero-order valence-corrected chi connectivity index (χ0v) is 14.9. The van der Waals surface area contributed by atoms with Gasteiger partial charge in [-0.25, -0.2) is 0 Å². The van der Waals surface area contributed by atoms with Crippen molar-refractivity contribution in [2.75, 3.05) is 25.5 Å². The standard InChI is InChI=1S/C20H23N3O3/c1-23(12-10-16-7-2-3-11-21-16)20(25)15-6-4-8-17(14-15)22-19(24)18-9-5-13-26-18/h2-4,6-8,11,14,18H,5,9-10,12-13H2,1H3,(H,22,24). The summed E-state index contributed by atoms with van der Waals surface area (Å²) >= 11 is 0. The predicted molar refractivity (Wildman–Crippen MR) is 98.9 cm³/mol. The van der Waals surface area contributed by atoms with E-state index in [1.807, 2.05) is 18.2 Å². The normalized spacial score (nSPS) is 16.3. The van der Waals surface area contributed by atoms with E-state index >= 15 is 0 Å². The number of pyridine rings is 1. The Hall–Kier alpha value is -2.73. The first-order valence-corrected chi connectivity index (χ1v) is 8.81. The number of benzene rings is 1. The van der Waals surface area contributed by atoms with Gasteiger partial charge in [0, 0.05) is 49.8 Å². The van der Waals surface area contributed by atoms with Crippen molar-refractivity contribution in [3.05, 3.63) is 59.9 Å². The molecule has 3 rings (SSSR count). The summed E-state index contributed by atoms with van der Waals surface area (Å²) in [7, 11) is 1.77. The number of aromatic nitrogens is 1. The first-order valence-electron chi connectivity index (χ1n) is 8.81. The number of nitrogens with one attached hydrogen (secondary N) is 1. The summed E-state index contributed by atoms with van der Waals surface area (Å²) in [6.45, 7) is 1.19. The van der Waals surface area contributed by atoms with Gasteiger partial charge in [-0.3, -0.25) is 14.6 Å². The molecule has 0 bridgehead atoms. The summed E-state index contributed by atoms with van der Waals surface area (Å²) in [6, 6.07) is 12.7. The summed E-state index contributed by atoms with van der Waals surface area (Å²) in [5, 5.41) is 2.83. The molecule has 2 aromatic rings. The van der Waals surface area contributed by atoms with Crippen molar-refractivity contribution in [3.8, 4) is 0 Å². The van der Waals surface area contributed by atoms with Gasteiger partial charge in [-0.2, -0.15) is 0 Å². The minimum absolute atomic E-state index is 0.0888. The van der Waals surface area contributed by atoms with Gasteiger partial charge in [-0.15, -0.1) is 0 Å². The molecule has 136 valence electrons. The molecular formula is C20H23N3O3. The molecule has 2 amide bonds. The Morgan fingerprint density at radius 3 is 2.88 bits per heavy atom. The molecule has 1 atom stereocenters. The van der Waals surface area contributed by atoms with E-state index in [4.69, 9.17) is 4.74 Å². The summed E-state index contributed by atoms with van der Waals surface area (Å²) in [4.78, 5) is 30.7. The molecule has 1 aliphatic heterocycles. The SMILES string of the molecule is CN(CCc1ccccn1)C(=O)c1cccc(NC(=O)C2CCCO2)c1. The topological polar surface area (TPSA) is 71.5 Å². The number of nitrogens with zero attached hydrogens (tertiary/aromatic N) is 2. The van der Waals surface area contributed by atoms with E-state index in [1.54, 1.807) is 42.4 Å². The highest BCUT2D eigenvalue weighted by atomic mass is 16.5. The number of carbonyl (C=O) groups excluding carboxylic acids is 2. The Labute approximate surface area is 153 Å². The van der Waals surface area contributed by atoms with E-state index in [-0.39, 0.29) is 11.8 Å². The summed E-state index contributed by atoms with van der Waals surface area (Å²) in [5.74, 6) is -0.246. The van der Waals surface area contributed by atoms with E-state index in [9.17, 15) is 9.59 Å². The largest absolute Gasteiger partial charge is 0.368 e. The molecule has 6 nitrogen and oxygen atoms in total. The monoisotopic (exact) mass is 353 g/mol. The Balaban J connectivity index is 1.59. The predicted octanol–water partition coefficient (Wildman–Crippen LogP) is 2.51. The van der Waals surface area contributed by atoms with Crippen LogP contribution in [0, 0.1) is 0 Å². The van der Waals surface area contributed by atoms with Gasteiger partial charge in [0.1, 0.15) is 6.10 Å². The van der Waals surface area contributed by atoms with Crippen molar-refractivity contribution in [2.45, 2.75) is 25.4 Å². The van der Waals surface area contributed by atoms with Crippen molar-refractivity contribution in [1.29, 1.82) is 0 Å². The van der Waals surface area contributed by atoms with Gasteiger partial charge >= 0.3 is 0 Å². The smallest absolute Gasteiger partial charge is 0.253 e. The number of ether oxygens (including phenoxy) is 1. The minimum atomic E-state index is -0.393. The van der Waals surface area contributed by atoms with Crippen LogP contribution in [0.25, 0.3) is 0 Å². The summed E-state index contributed by atoms with van der Waals surface area (Å²) < 4.78 is 5.38. The molecule has 26 heavy (non-hydrogen) atoms. The lowest BCUT2D eigenvalue weighted by Crippen LogP contribution is -2.29. The molecule has 0 spiro atoms. The maximum Gasteiger partial charge on any atom is 0.253 e. The van der Waals surface area contributed by atoms with E-state index < -0.39 is 6.10 Å². The molecule has 1 aromatic heterocycles. The molecular weight excluding hydrogens is 330 g/mol. The summed E-state index contributed by atoms with van der Waals surface area (Å²) in [6.07, 6.45) is 3.68. The molecule has 0 aliphatic carbocycles. The number of amides is 2. The average molecular weight is 353 g/mol. The summed E-state index contributed by atoms with van der Waals surface area (Å²) in [5.41, 5.74) is 2.10. The fraction of sp³-hybridized carbons (Fsp3) is 0.350. The molecule has 0 radical (unpaired) electrons. The van der Waals surface area contributed by atoms with Gasteiger partial charge in [0.25, 0.3) is 11.8 Å². The van der Waals surface area contributed by atoms with Crippen LogP contribution in [-0.2, 0) is 16.0 Å². The Morgan fingerprint density at radius 1 is 1.27 bits per heavy atom. The van der Waals surface area contributed by atoms with Crippen LogP contribution >= 0.6 is 0 Å². The quantitative estimate of drug-likeness (QED) is 0.866. The lowest BCUT2D eigenvalue weighted by Gasteiger charge is -2.18. The van der Waals surface area contributed by atoms with Crippen LogP contribution in [0.5, 0.6) is 0 Å². The van der Waals surface area contributed by atoms with Crippen molar-refractivity contribution in [1.82, 2.24) is 9.88 Å². The number of carbonyl (C=O) groups is 2. The molecule has 1 N–H and O–H groups in total. The van der Waals surface area contributed by atoms with Crippen LogP contribution < -0.4 is 5.32 Å². The number of rotatable bonds is 6. The Bertz CT molecular complexity index is 758. The zero-order valence-electron chi connectivity index (χ0n) is 14.9. The molecule has 1 fully saturated rings. The molecule has 1 saturated heterocycles. The maximum absolute atomic E-state index is 12.6. The lowest BCUT2D eigenvalue weighted by atomic mass is 10.1. The highest BCUT2D eigenvalue weighted by molar-refractivity contribution is 5.98. The first-order chi connectivity index (χ1) is 12.6. The molecule has 2 heterocycles. The van der Waals surface area contributed by atoms with Crippen molar-refractivity contribution >= 4 is 17.5 Å². The van der Waals surface area contributed by atoms with Gasteiger partial charge in [0.2, 0.25) is 0 Å². The van der Waals surface area contributed by atoms with Crippen LogP contribution in [0.4, 0.5) is 5.69 Å². The van der Waals surface area contributed by atoms with Gasteiger partial charge in [0.15, 0.2) is 0 Å². The van der Waals surface area contributed by atoms with E-state index in [0.29, 0.717) is 30.8 Å². The molecule has 1 unspecified atom stereocenters. The number of hydrogen-bond acceptors (Lipinski definition) is 4. The number of likely N-dealkylation sites (N-methyl/N-ethyl adjacent to an activating group) is 1. The average Bonchev–Trinajstić information content (AvgIpc) is 3.21. The van der Waals surface area contributed by atoms with Crippen LogP contribution in [0.15, 0.2) is 48.7 Å². The fourth-order valence-electron chi connectivity index (χ4n) is 2.89. The lowest BCUT2D eigenvalue weighted by molar-refractivity contribution is -0.124. The second-order valence-electron chi connectivity index (χ2n) is 6.37. The second kappa shape index (κ2) is 8.58. The van der Waals surface area contributed by atoms with Crippen molar-refractivity contribution in [3.63, 3.8) is 0 Å². The van der Waals surface area contributed by atoms with Crippen LogP contribution in [-0.4, -0.2) is 48.0 Å². The Kier molecular flexibility index (Phi) is 5.96. The van der Waals surface area contributed by atoms with E-state index in [1.165, 1.54) is 0 Å². The van der Waals surface area contributed by atoms with Gasteiger partial charge < -0.3 is 15.0 Å². The van der Waals surface area contributed by atoms with Gasteiger partial charge in [-0.05, 0) is 43.2 Å². The molecule has 1 aromatic carbocycles. The van der Waals surface area contributed by atoms with Gasteiger partial charge in [0.05, 0.1) is 0 Å². The molecule has 6 heteroatoms. The fourth-order valence-corrected chi connectivity index (χ4v) is 2.89. The third-order valence-corrected chi connectivity index (χ3v) is 4.38. The van der Waals surface area contributed by atoms with Crippen molar-refractivity contribution < 1.29 is 14.3 Å². The third-order valence-electron chi connectivity index (χ3n) is 4.38. The van der Waals surface area contributed by atoms with Crippen molar-refractivity contribution in [2.24, 2.45) is 0 Å². The van der Waals surface area contributed by atoms with Crippen LogP contribution in [0.3, 0.4) is 0 Å². The van der Waals surface area contributed by atoms with E-state index in [2.05, 4.69) is 10.3 Å². The third kappa shape index (κ3) is 4.67. The first kappa shape index (κ1) is 18.1. The Morgan fingerprint density at radius 2 is 2.15 bits per heavy atom. The number of hydrogen-bond donors (Lipinski definition) is 1. The second-order valence-corrected chi connectivity index (χ2v) is 6.37. The number of anilines is 1. The van der Waals surface area contributed by atoms with E-state index in [0.717, 1.165) is 18.5 Å². The highest BCUT2D eigenvalue weighted by Crippen LogP contribution is 2.17. The van der Waals surface area contributed by atoms with Crippen LogP contribution in [0.1, 0.15) is 28.9 Å². The minimum Gasteiger partial charge on any atom is -0.368 e. The molecule has 0 saturated carbocycles.